The summed E-state index contributed by atoms with van der Waals surface area (Å²) in [6, 6.07) is 0. The first kappa shape index (κ1) is 12.4. The van der Waals surface area contributed by atoms with Gasteiger partial charge in [-0.15, -0.1) is 0 Å². The minimum atomic E-state index is -5.11. The molecule has 18 heavy (non-hydrogen) atoms. The van der Waals surface area contributed by atoms with Gasteiger partial charge in [0.15, 0.2) is 11.3 Å². The topological polar surface area (TPSA) is 80.5 Å². The molecular weight excluding hydrogens is 268 g/mol. The molecule has 0 bridgehead atoms. The summed E-state index contributed by atoms with van der Waals surface area (Å²) in [6.45, 7) is 0. The van der Waals surface area contributed by atoms with Crippen LogP contribution in [0, 0.1) is 0 Å². The van der Waals surface area contributed by atoms with Crippen LogP contribution in [0.5, 0.6) is 0 Å². The van der Waals surface area contributed by atoms with Crippen LogP contribution < -0.4 is 5.73 Å². The first-order chi connectivity index (χ1) is 8.10. The van der Waals surface area contributed by atoms with Crippen LogP contribution in [-0.4, -0.2) is 20.2 Å². The summed E-state index contributed by atoms with van der Waals surface area (Å²) < 4.78 is 74.8. The molecule has 11 heteroatoms. The molecule has 0 saturated heterocycles. The van der Waals surface area contributed by atoms with E-state index in [1.807, 2.05) is 5.10 Å². The van der Waals surface area contributed by atoms with E-state index in [0.29, 0.717) is 0 Å². The number of halogens is 6. The summed E-state index contributed by atoms with van der Waals surface area (Å²) in [5.41, 5.74) is 2.59. The zero-order valence-corrected chi connectivity index (χ0v) is 8.19. The van der Waals surface area contributed by atoms with E-state index in [2.05, 4.69) is 15.1 Å². The van der Waals surface area contributed by atoms with Crippen LogP contribution in [0.25, 0.3) is 11.0 Å². The Labute approximate surface area is 94.0 Å². The molecule has 2 heterocycles. The van der Waals surface area contributed by atoms with Gasteiger partial charge in [-0.05, 0) is 0 Å². The minimum absolute atomic E-state index is 0.550. The van der Waals surface area contributed by atoms with E-state index < -0.39 is 40.7 Å². The third-order valence-corrected chi connectivity index (χ3v) is 1.96. The fourth-order valence-corrected chi connectivity index (χ4v) is 1.28. The first-order valence-corrected chi connectivity index (χ1v) is 4.26. The maximum atomic E-state index is 12.6. The monoisotopic (exact) mass is 271 g/mol. The molecular formula is C7H3F6N5. The number of alkyl halides is 6. The Morgan fingerprint density at radius 1 is 0.944 bits per heavy atom. The van der Waals surface area contributed by atoms with Gasteiger partial charge in [-0.3, -0.25) is 5.10 Å². The summed E-state index contributed by atoms with van der Waals surface area (Å²) >= 11 is 0. The standard InChI is InChI=1S/C7H3F6N5/c8-6(9,10)2-1-3(14)17-18-4(1)16-5(15-2)7(11,12)13/h(H3,14,15,16,17,18). The molecule has 2 aromatic heterocycles. The summed E-state index contributed by atoms with van der Waals surface area (Å²) in [6.07, 6.45) is -10.2. The van der Waals surface area contributed by atoms with Crippen molar-refractivity contribution in [1.82, 2.24) is 20.2 Å². The number of aromatic amines is 1. The summed E-state index contributed by atoms with van der Waals surface area (Å²) in [5, 5.41) is 4.31. The van der Waals surface area contributed by atoms with Crippen molar-refractivity contribution in [2.45, 2.75) is 12.4 Å². The van der Waals surface area contributed by atoms with Crippen LogP contribution in [0.4, 0.5) is 32.2 Å². The highest BCUT2D eigenvalue weighted by Gasteiger charge is 2.42. The predicted octanol–water partition coefficient (Wildman–Crippen LogP) is 1.97. The number of H-pyrrole nitrogens is 1. The van der Waals surface area contributed by atoms with Crippen LogP contribution in [0.1, 0.15) is 11.5 Å². The van der Waals surface area contributed by atoms with Crippen LogP contribution in [0.3, 0.4) is 0 Å². The molecule has 0 fully saturated rings. The number of aromatic nitrogens is 4. The Morgan fingerprint density at radius 2 is 1.56 bits per heavy atom. The average Bonchev–Trinajstić information content (AvgIpc) is 2.56. The van der Waals surface area contributed by atoms with Gasteiger partial charge >= 0.3 is 12.4 Å². The van der Waals surface area contributed by atoms with Gasteiger partial charge in [0.1, 0.15) is 5.82 Å². The van der Waals surface area contributed by atoms with Gasteiger partial charge in [-0.25, -0.2) is 9.97 Å². The number of nitrogens with zero attached hydrogens (tertiary/aromatic N) is 3. The lowest BCUT2D eigenvalue weighted by Crippen LogP contribution is -2.17. The van der Waals surface area contributed by atoms with Gasteiger partial charge in [0.05, 0.1) is 5.39 Å². The molecule has 0 atom stereocenters. The molecule has 0 saturated carbocycles. The van der Waals surface area contributed by atoms with Gasteiger partial charge in [0, 0.05) is 0 Å². The number of nitrogens with one attached hydrogen (secondary N) is 1. The van der Waals surface area contributed by atoms with Crippen molar-refractivity contribution in [2.24, 2.45) is 0 Å². The van der Waals surface area contributed by atoms with Crippen LogP contribution >= 0.6 is 0 Å². The Morgan fingerprint density at radius 3 is 2.06 bits per heavy atom. The van der Waals surface area contributed by atoms with Crippen molar-refractivity contribution in [3.05, 3.63) is 11.5 Å². The average molecular weight is 271 g/mol. The van der Waals surface area contributed by atoms with Crippen molar-refractivity contribution in [2.75, 3.05) is 5.73 Å². The molecule has 5 nitrogen and oxygen atoms in total. The normalized spacial score (nSPS) is 13.2. The van der Waals surface area contributed by atoms with E-state index >= 15 is 0 Å². The van der Waals surface area contributed by atoms with E-state index in [-0.39, 0.29) is 0 Å². The van der Waals surface area contributed by atoms with E-state index in [1.54, 1.807) is 0 Å². The number of hydrogen-bond acceptors (Lipinski definition) is 4. The molecule has 98 valence electrons. The summed E-state index contributed by atoms with van der Waals surface area (Å²) in [5.74, 6) is -2.47. The minimum Gasteiger partial charge on any atom is -0.383 e. The first-order valence-electron chi connectivity index (χ1n) is 4.26. The van der Waals surface area contributed by atoms with E-state index in [1.165, 1.54) is 0 Å². The van der Waals surface area contributed by atoms with Crippen molar-refractivity contribution in [1.29, 1.82) is 0 Å². The van der Waals surface area contributed by atoms with Crippen molar-refractivity contribution in [3.8, 4) is 0 Å². The molecule has 3 N–H and O–H groups in total. The lowest BCUT2D eigenvalue weighted by molar-refractivity contribution is -0.151. The molecule has 2 rings (SSSR count). The number of fused-ring (bicyclic) bond motifs is 1. The largest absolute Gasteiger partial charge is 0.451 e. The van der Waals surface area contributed by atoms with Crippen molar-refractivity contribution < 1.29 is 26.3 Å². The molecule has 2 aromatic rings. The molecule has 0 spiro atoms. The maximum Gasteiger partial charge on any atom is 0.451 e. The number of nitrogens with two attached hydrogens (primary N) is 1. The molecule has 0 aliphatic rings. The number of anilines is 1. The molecule has 0 aliphatic heterocycles. The number of rotatable bonds is 0. The fourth-order valence-electron chi connectivity index (χ4n) is 1.28. The van der Waals surface area contributed by atoms with Crippen LogP contribution in [-0.2, 0) is 12.4 Å². The summed E-state index contributed by atoms with van der Waals surface area (Å²) in [4.78, 5) is 5.36. The Bertz CT molecular complexity index is 597. The highest BCUT2D eigenvalue weighted by molar-refractivity contribution is 5.88. The van der Waals surface area contributed by atoms with Crippen LogP contribution in [0.15, 0.2) is 0 Å². The third-order valence-electron chi connectivity index (χ3n) is 1.96. The quantitative estimate of drug-likeness (QED) is 0.718. The van der Waals surface area contributed by atoms with Gasteiger partial charge in [-0.1, -0.05) is 0 Å². The number of nitrogen functional groups attached to an aromatic ring is 1. The van der Waals surface area contributed by atoms with Gasteiger partial charge in [0.25, 0.3) is 0 Å². The van der Waals surface area contributed by atoms with Gasteiger partial charge < -0.3 is 5.73 Å². The molecule has 0 amide bonds. The molecule has 0 unspecified atom stereocenters. The highest BCUT2D eigenvalue weighted by atomic mass is 19.4. The highest BCUT2D eigenvalue weighted by Crippen LogP contribution is 2.37. The third kappa shape index (κ3) is 1.91. The zero-order chi connectivity index (χ0) is 13.7. The van der Waals surface area contributed by atoms with Crippen molar-refractivity contribution in [3.63, 3.8) is 0 Å². The second kappa shape index (κ2) is 3.46. The zero-order valence-electron chi connectivity index (χ0n) is 8.19. The molecule has 0 radical (unpaired) electrons. The molecule has 0 aliphatic carbocycles. The fraction of sp³-hybridized carbons (Fsp3) is 0.286. The van der Waals surface area contributed by atoms with Gasteiger partial charge in [0.2, 0.25) is 5.82 Å². The van der Waals surface area contributed by atoms with E-state index in [9.17, 15) is 26.3 Å². The predicted molar refractivity (Wildman–Crippen MR) is 46.1 cm³/mol. The Balaban J connectivity index is 2.83. The van der Waals surface area contributed by atoms with E-state index in [4.69, 9.17) is 5.73 Å². The summed E-state index contributed by atoms with van der Waals surface area (Å²) in [7, 11) is 0. The van der Waals surface area contributed by atoms with Crippen LogP contribution in [0.2, 0.25) is 0 Å². The smallest absolute Gasteiger partial charge is 0.383 e. The SMILES string of the molecule is Nc1[nH]nc2nc(C(F)(F)F)nc(C(F)(F)F)c12. The number of hydrogen-bond donors (Lipinski definition) is 2. The maximum absolute atomic E-state index is 12.6. The van der Waals surface area contributed by atoms with Crippen molar-refractivity contribution >= 4 is 16.9 Å². The lowest BCUT2D eigenvalue weighted by Gasteiger charge is -2.10. The molecule has 0 aromatic carbocycles. The lowest BCUT2D eigenvalue weighted by atomic mass is 10.2. The Hall–Kier alpha value is -2.07. The van der Waals surface area contributed by atoms with E-state index in [0.717, 1.165) is 0 Å². The Kier molecular flexibility index (Phi) is 2.38. The second-order valence-corrected chi connectivity index (χ2v) is 3.23. The second-order valence-electron chi connectivity index (χ2n) is 3.23. The van der Waals surface area contributed by atoms with Gasteiger partial charge in [-0.2, -0.15) is 31.4 Å².